The molecule has 4 rings (SSSR count). The fourth-order valence-corrected chi connectivity index (χ4v) is 4.43. The Kier molecular flexibility index (Phi) is 7.32. The van der Waals surface area contributed by atoms with Crippen molar-refractivity contribution in [2.75, 3.05) is 57.9 Å². The summed E-state index contributed by atoms with van der Waals surface area (Å²) in [6.07, 6.45) is 2.78. The van der Waals surface area contributed by atoms with Crippen molar-refractivity contribution in [1.29, 1.82) is 0 Å². The van der Waals surface area contributed by atoms with Crippen LogP contribution in [0.4, 0.5) is 5.82 Å². The van der Waals surface area contributed by atoms with Gasteiger partial charge in [-0.25, -0.2) is 4.98 Å². The number of aryl methyl sites for hydroxylation is 1. The van der Waals surface area contributed by atoms with Crippen LogP contribution < -0.4 is 15.5 Å². The number of hydrogen-bond acceptors (Lipinski definition) is 6. The highest BCUT2D eigenvalue weighted by Crippen LogP contribution is 2.26. The van der Waals surface area contributed by atoms with Crippen molar-refractivity contribution in [2.24, 2.45) is 4.99 Å². The van der Waals surface area contributed by atoms with Crippen molar-refractivity contribution < 1.29 is 9.15 Å². The van der Waals surface area contributed by atoms with Crippen LogP contribution in [0, 0.1) is 6.92 Å². The van der Waals surface area contributed by atoms with Gasteiger partial charge in [0.1, 0.15) is 17.3 Å². The van der Waals surface area contributed by atoms with E-state index in [2.05, 4.69) is 36.5 Å². The first-order valence-corrected chi connectivity index (χ1v) is 11.2. The van der Waals surface area contributed by atoms with E-state index in [-0.39, 0.29) is 12.1 Å². The summed E-state index contributed by atoms with van der Waals surface area (Å²) >= 11 is 6.32. The number of rotatable bonds is 6. The average Bonchev–Trinajstić information content (AvgIpc) is 3.43. The van der Waals surface area contributed by atoms with Crippen molar-refractivity contribution >= 4 is 23.4 Å². The zero-order valence-corrected chi connectivity index (χ0v) is 18.9. The van der Waals surface area contributed by atoms with Crippen LogP contribution in [-0.2, 0) is 4.74 Å². The van der Waals surface area contributed by atoms with Crippen molar-refractivity contribution in [3.8, 4) is 0 Å². The average molecular weight is 447 g/mol. The molecule has 0 aliphatic carbocycles. The molecule has 4 heterocycles. The van der Waals surface area contributed by atoms with Crippen LogP contribution in [0.5, 0.6) is 0 Å². The number of nitrogens with one attached hydrogen (secondary N) is 2. The summed E-state index contributed by atoms with van der Waals surface area (Å²) in [5, 5.41) is 7.74. The second-order valence-electron chi connectivity index (χ2n) is 7.95. The van der Waals surface area contributed by atoms with Gasteiger partial charge in [0, 0.05) is 52.0 Å². The number of guanidine groups is 1. The number of nitrogens with zero attached hydrogens (tertiary/aromatic N) is 4. The zero-order valence-electron chi connectivity index (χ0n) is 18.2. The molecule has 2 atom stereocenters. The molecule has 9 heteroatoms. The highest BCUT2D eigenvalue weighted by atomic mass is 35.5. The number of morpholine rings is 1. The third-order valence-electron chi connectivity index (χ3n) is 5.83. The third kappa shape index (κ3) is 5.50. The Morgan fingerprint density at radius 1 is 1.29 bits per heavy atom. The van der Waals surface area contributed by atoms with Crippen LogP contribution in [-0.4, -0.2) is 74.9 Å². The summed E-state index contributed by atoms with van der Waals surface area (Å²) in [7, 11) is 1.80. The normalized spacial score (nSPS) is 21.3. The molecule has 2 saturated heterocycles. The topological polar surface area (TPSA) is 78.2 Å². The van der Waals surface area contributed by atoms with E-state index >= 15 is 0 Å². The molecule has 2 N–H and O–H groups in total. The molecule has 0 saturated carbocycles. The molecule has 0 amide bonds. The maximum absolute atomic E-state index is 6.32. The first-order valence-electron chi connectivity index (χ1n) is 10.8. The minimum Gasteiger partial charge on any atom is -0.465 e. The van der Waals surface area contributed by atoms with Crippen LogP contribution in [0.1, 0.15) is 24.0 Å². The van der Waals surface area contributed by atoms with E-state index in [1.165, 1.54) is 0 Å². The fourth-order valence-electron chi connectivity index (χ4n) is 4.19. The number of halogens is 1. The zero-order chi connectivity index (χ0) is 21.6. The Hall–Kier alpha value is -2.29. The molecule has 0 spiro atoms. The molecule has 168 valence electrons. The molecule has 0 radical (unpaired) electrons. The molecule has 2 aliphatic heterocycles. The summed E-state index contributed by atoms with van der Waals surface area (Å²) in [4.78, 5) is 13.5. The lowest BCUT2D eigenvalue weighted by atomic mass is 10.1. The largest absolute Gasteiger partial charge is 0.465 e. The van der Waals surface area contributed by atoms with Crippen LogP contribution >= 0.6 is 11.6 Å². The van der Waals surface area contributed by atoms with Gasteiger partial charge in [0.25, 0.3) is 0 Å². The quantitative estimate of drug-likeness (QED) is 0.521. The monoisotopic (exact) mass is 446 g/mol. The van der Waals surface area contributed by atoms with E-state index in [1.807, 2.05) is 25.1 Å². The molecule has 2 aromatic heterocycles. The second kappa shape index (κ2) is 10.3. The standard InChI is InChI=1S/C22H31ClN6O2/c1-16-5-6-20(31-16)19(28-10-12-30-13-11-28)14-26-22(24-2)27-17-7-9-29(15-17)21-18(23)4-3-8-25-21/h3-6,8,17,19H,7,9-15H2,1-2H3,(H2,24,26,27). The number of hydrogen-bond donors (Lipinski definition) is 2. The van der Waals surface area contributed by atoms with Crippen molar-refractivity contribution in [2.45, 2.75) is 25.4 Å². The van der Waals surface area contributed by atoms with Crippen molar-refractivity contribution in [3.05, 3.63) is 47.0 Å². The van der Waals surface area contributed by atoms with Gasteiger partial charge in [-0.15, -0.1) is 0 Å². The van der Waals surface area contributed by atoms with E-state index in [9.17, 15) is 0 Å². The molecule has 2 aliphatic rings. The predicted molar refractivity (Wildman–Crippen MR) is 123 cm³/mol. The van der Waals surface area contributed by atoms with E-state index in [0.29, 0.717) is 11.6 Å². The minimum atomic E-state index is 0.128. The van der Waals surface area contributed by atoms with E-state index < -0.39 is 0 Å². The van der Waals surface area contributed by atoms with Crippen molar-refractivity contribution in [3.63, 3.8) is 0 Å². The molecule has 2 aromatic rings. The first-order chi connectivity index (χ1) is 15.1. The molecule has 0 aromatic carbocycles. The van der Waals surface area contributed by atoms with Gasteiger partial charge in [0.2, 0.25) is 0 Å². The summed E-state index contributed by atoms with van der Waals surface area (Å²) in [6.45, 7) is 7.70. The molecule has 2 unspecified atom stereocenters. The van der Waals surface area contributed by atoms with Gasteiger partial charge in [-0.1, -0.05) is 11.6 Å². The molecular weight excluding hydrogens is 416 g/mol. The number of ether oxygens (including phenoxy) is 1. The highest BCUT2D eigenvalue weighted by molar-refractivity contribution is 6.32. The smallest absolute Gasteiger partial charge is 0.191 e. The van der Waals surface area contributed by atoms with E-state index in [0.717, 1.165) is 69.1 Å². The van der Waals surface area contributed by atoms with Gasteiger partial charge in [-0.3, -0.25) is 9.89 Å². The number of aliphatic imine (C=N–C) groups is 1. The maximum Gasteiger partial charge on any atom is 0.191 e. The summed E-state index contributed by atoms with van der Waals surface area (Å²) in [5.41, 5.74) is 0. The summed E-state index contributed by atoms with van der Waals surface area (Å²) < 4.78 is 11.5. The van der Waals surface area contributed by atoms with E-state index in [1.54, 1.807) is 13.2 Å². The number of pyridine rings is 1. The lowest BCUT2D eigenvalue weighted by molar-refractivity contribution is 0.0124. The predicted octanol–water partition coefficient (Wildman–Crippen LogP) is 2.45. The van der Waals surface area contributed by atoms with Crippen LogP contribution in [0.3, 0.4) is 0 Å². The maximum atomic E-state index is 6.32. The lowest BCUT2D eigenvalue weighted by Crippen LogP contribution is -2.48. The molecule has 0 bridgehead atoms. The summed E-state index contributed by atoms with van der Waals surface area (Å²) in [6, 6.07) is 8.23. The second-order valence-corrected chi connectivity index (χ2v) is 8.36. The Morgan fingerprint density at radius 3 is 2.84 bits per heavy atom. The Labute approximate surface area is 188 Å². The Bertz CT molecular complexity index is 882. The van der Waals surface area contributed by atoms with Gasteiger partial charge >= 0.3 is 0 Å². The van der Waals surface area contributed by atoms with Crippen LogP contribution in [0.15, 0.2) is 39.9 Å². The van der Waals surface area contributed by atoms with Crippen LogP contribution in [0.25, 0.3) is 0 Å². The Balaban J connectivity index is 1.35. The lowest BCUT2D eigenvalue weighted by Gasteiger charge is -2.33. The van der Waals surface area contributed by atoms with E-state index in [4.69, 9.17) is 20.8 Å². The van der Waals surface area contributed by atoms with Gasteiger partial charge in [-0.05, 0) is 37.6 Å². The molecule has 2 fully saturated rings. The molecule has 31 heavy (non-hydrogen) atoms. The number of aromatic nitrogens is 1. The Morgan fingerprint density at radius 2 is 2.13 bits per heavy atom. The molecule has 8 nitrogen and oxygen atoms in total. The molecular formula is C22H31ClN6O2. The van der Waals surface area contributed by atoms with Gasteiger partial charge in [-0.2, -0.15) is 0 Å². The summed E-state index contributed by atoms with van der Waals surface area (Å²) in [5.74, 6) is 3.53. The fraction of sp³-hybridized carbons (Fsp3) is 0.545. The van der Waals surface area contributed by atoms with Crippen LogP contribution in [0.2, 0.25) is 5.02 Å². The highest BCUT2D eigenvalue weighted by Gasteiger charge is 2.28. The van der Waals surface area contributed by atoms with Crippen molar-refractivity contribution in [1.82, 2.24) is 20.5 Å². The van der Waals surface area contributed by atoms with Gasteiger partial charge in [0.05, 0.1) is 24.3 Å². The van der Waals surface area contributed by atoms with Gasteiger partial charge < -0.3 is 24.7 Å². The third-order valence-corrected chi connectivity index (χ3v) is 6.13. The first kappa shape index (κ1) is 21.9. The number of furan rings is 1. The minimum absolute atomic E-state index is 0.128. The number of anilines is 1. The van der Waals surface area contributed by atoms with Gasteiger partial charge in [0.15, 0.2) is 5.96 Å². The SMILES string of the molecule is CN=C(NCC(c1ccc(C)o1)N1CCOCC1)NC1CCN(c2ncccc2Cl)C1.